The van der Waals surface area contributed by atoms with Crippen molar-refractivity contribution in [3.63, 3.8) is 0 Å². The lowest BCUT2D eigenvalue weighted by atomic mass is 9.96. The molecule has 3 rings (SSSR count). The second kappa shape index (κ2) is 5.14. The smallest absolute Gasteiger partial charge is 0.124 e. The first-order valence-corrected chi connectivity index (χ1v) is 7.37. The van der Waals surface area contributed by atoms with Crippen LogP contribution in [0.2, 0.25) is 0 Å². The van der Waals surface area contributed by atoms with Gasteiger partial charge in [-0.15, -0.1) is 0 Å². The molecule has 1 N–H and O–H groups in total. The maximum atomic E-state index is 5.85. The van der Waals surface area contributed by atoms with Crippen LogP contribution in [-0.4, -0.2) is 36.7 Å². The van der Waals surface area contributed by atoms with Crippen LogP contribution < -0.4 is 10.1 Å². The van der Waals surface area contributed by atoms with Crippen LogP contribution >= 0.6 is 0 Å². The van der Waals surface area contributed by atoms with E-state index in [-0.39, 0.29) is 0 Å². The molecule has 1 aromatic rings. The highest BCUT2D eigenvalue weighted by Gasteiger charge is 2.36. The number of nitrogens with one attached hydrogen (secondary N) is 1. The molecule has 2 aliphatic rings. The number of hydrogen-bond donors (Lipinski definition) is 1. The molecule has 3 nitrogen and oxygen atoms in total. The molecule has 0 amide bonds. The van der Waals surface area contributed by atoms with Crippen molar-refractivity contribution in [3.05, 3.63) is 29.8 Å². The Morgan fingerprint density at radius 3 is 2.89 bits per heavy atom. The summed E-state index contributed by atoms with van der Waals surface area (Å²) >= 11 is 0. The fraction of sp³-hybridized carbons (Fsp3) is 0.625. The molecule has 2 aliphatic heterocycles. The molecular weight excluding hydrogens is 236 g/mol. The van der Waals surface area contributed by atoms with Crippen molar-refractivity contribution < 1.29 is 4.74 Å². The first-order chi connectivity index (χ1) is 9.16. The summed E-state index contributed by atoms with van der Waals surface area (Å²) in [5, 5.41) is 3.66. The Kier molecular flexibility index (Phi) is 3.50. The molecule has 104 valence electrons. The van der Waals surface area contributed by atoms with Crippen molar-refractivity contribution in [2.24, 2.45) is 5.92 Å². The van der Waals surface area contributed by atoms with Gasteiger partial charge in [0.1, 0.15) is 12.4 Å². The van der Waals surface area contributed by atoms with E-state index in [0.717, 1.165) is 25.4 Å². The van der Waals surface area contributed by atoms with E-state index in [4.69, 9.17) is 4.74 Å². The van der Waals surface area contributed by atoms with Gasteiger partial charge in [-0.05, 0) is 18.9 Å². The number of nitrogens with zero attached hydrogens (tertiary/aromatic N) is 1. The van der Waals surface area contributed by atoms with Crippen molar-refractivity contribution in [1.82, 2.24) is 10.2 Å². The van der Waals surface area contributed by atoms with E-state index in [1.165, 1.54) is 5.56 Å². The largest absolute Gasteiger partial charge is 0.491 e. The molecule has 0 saturated carbocycles. The lowest BCUT2D eigenvalue weighted by molar-refractivity contribution is 0.0662. The molecule has 2 heterocycles. The molecule has 1 fully saturated rings. The lowest BCUT2D eigenvalue weighted by Gasteiger charge is -2.43. The predicted molar refractivity (Wildman–Crippen MR) is 77.5 cm³/mol. The Morgan fingerprint density at radius 1 is 1.32 bits per heavy atom. The normalized spacial score (nSPS) is 31.3. The van der Waals surface area contributed by atoms with Gasteiger partial charge in [0.2, 0.25) is 0 Å². The van der Waals surface area contributed by atoms with Gasteiger partial charge in [0.15, 0.2) is 0 Å². The van der Waals surface area contributed by atoms with Crippen LogP contribution in [0.4, 0.5) is 0 Å². The zero-order chi connectivity index (χ0) is 13.4. The van der Waals surface area contributed by atoms with E-state index >= 15 is 0 Å². The quantitative estimate of drug-likeness (QED) is 0.884. The van der Waals surface area contributed by atoms with Crippen LogP contribution in [0.1, 0.15) is 32.4 Å². The van der Waals surface area contributed by atoms with Gasteiger partial charge in [-0.25, -0.2) is 0 Å². The first-order valence-electron chi connectivity index (χ1n) is 7.37. The van der Waals surface area contributed by atoms with Gasteiger partial charge in [-0.3, -0.25) is 4.90 Å². The maximum absolute atomic E-state index is 5.85. The Balaban J connectivity index is 1.81. The monoisotopic (exact) mass is 260 g/mol. The van der Waals surface area contributed by atoms with E-state index in [0.29, 0.717) is 24.0 Å². The van der Waals surface area contributed by atoms with E-state index in [1.807, 2.05) is 0 Å². The highest BCUT2D eigenvalue weighted by atomic mass is 16.5. The number of fused-ring (bicyclic) bond motifs is 1. The van der Waals surface area contributed by atoms with Crippen LogP contribution in [0.25, 0.3) is 0 Å². The topological polar surface area (TPSA) is 24.5 Å². The summed E-state index contributed by atoms with van der Waals surface area (Å²) in [6.07, 6.45) is 0. The van der Waals surface area contributed by atoms with Crippen LogP contribution in [0, 0.1) is 5.92 Å². The summed E-state index contributed by atoms with van der Waals surface area (Å²) in [4.78, 5) is 2.62. The molecule has 0 aromatic heterocycles. The van der Waals surface area contributed by atoms with Crippen molar-refractivity contribution >= 4 is 0 Å². The third-order valence-electron chi connectivity index (χ3n) is 4.53. The maximum Gasteiger partial charge on any atom is 0.124 e. The van der Waals surface area contributed by atoms with Crippen LogP contribution in [-0.2, 0) is 0 Å². The third kappa shape index (κ3) is 2.37. The summed E-state index contributed by atoms with van der Waals surface area (Å²) < 4.78 is 5.85. The summed E-state index contributed by atoms with van der Waals surface area (Å²) in [5.41, 5.74) is 1.36. The molecular formula is C16H24N2O. The number of ether oxygens (including phenoxy) is 1. The Bertz CT molecular complexity index is 446. The molecule has 3 heteroatoms. The van der Waals surface area contributed by atoms with Crippen molar-refractivity contribution in [2.75, 3.05) is 19.7 Å². The van der Waals surface area contributed by atoms with E-state index in [1.54, 1.807) is 0 Å². The highest BCUT2D eigenvalue weighted by Crippen LogP contribution is 2.37. The fourth-order valence-electron chi connectivity index (χ4n) is 3.21. The molecule has 0 aliphatic carbocycles. The number of benzene rings is 1. The van der Waals surface area contributed by atoms with E-state index in [2.05, 4.69) is 55.3 Å². The van der Waals surface area contributed by atoms with Crippen LogP contribution in [0.15, 0.2) is 24.3 Å². The average Bonchev–Trinajstić information content (AvgIpc) is 2.83. The molecule has 3 atom stereocenters. The molecule has 0 radical (unpaired) electrons. The zero-order valence-corrected chi connectivity index (χ0v) is 12.1. The highest BCUT2D eigenvalue weighted by molar-refractivity contribution is 5.39. The standard InChI is InChI=1S/C16H24N2O/c1-11(2)14-9-18(12(3)8-17-14)15-10-19-16-7-5-4-6-13(15)16/h4-7,11-12,14-15,17H,8-10H2,1-3H3. The Morgan fingerprint density at radius 2 is 2.11 bits per heavy atom. The Labute approximate surface area is 115 Å². The van der Waals surface area contributed by atoms with Gasteiger partial charge < -0.3 is 10.1 Å². The van der Waals surface area contributed by atoms with E-state index < -0.39 is 0 Å². The minimum absolute atomic E-state index is 0.426. The lowest BCUT2D eigenvalue weighted by Crippen LogP contribution is -2.58. The summed E-state index contributed by atoms with van der Waals surface area (Å²) in [6, 6.07) is 10.1. The second-order valence-electron chi connectivity index (χ2n) is 6.17. The first kappa shape index (κ1) is 12.9. The second-order valence-corrected chi connectivity index (χ2v) is 6.17. The van der Waals surface area contributed by atoms with Crippen molar-refractivity contribution in [2.45, 2.75) is 38.9 Å². The summed E-state index contributed by atoms with van der Waals surface area (Å²) in [5.74, 6) is 1.74. The molecule has 19 heavy (non-hydrogen) atoms. The van der Waals surface area contributed by atoms with Gasteiger partial charge in [0, 0.05) is 30.7 Å². The number of hydrogen-bond acceptors (Lipinski definition) is 3. The molecule has 0 spiro atoms. The molecule has 3 unspecified atom stereocenters. The van der Waals surface area contributed by atoms with Gasteiger partial charge in [0.05, 0.1) is 6.04 Å². The van der Waals surface area contributed by atoms with Gasteiger partial charge in [0.25, 0.3) is 0 Å². The third-order valence-corrected chi connectivity index (χ3v) is 4.53. The SMILES string of the molecule is CC(C)C1CN(C2COc3ccccc32)C(C)CN1. The number of piperazine rings is 1. The predicted octanol–water partition coefficient (Wildman–Crippen LogP) is 2.44. The summed E-state index contributed by atoms with van der Waals surface area (Å²) in [6.45, 7) is 9.89. The minimum Gasteiger partial charge on any atom is -0.491 e. The number of para-hydroxylation sites is 1. The van der Waals surface area contributed by atoms with Crippen LogP contribution in [0.5, 0.6) is 5.75 Å². The van der Waals surface area contributed by atoms with Gasteiger partial charge in [-0.1, -0.05) is 32.0 Å². The van der Waals surface area contributed by atoms with Crippen molar-refractivity contribution in [3.8, 4) is 5.75 Å². The fourth-order valence-corrected chi connectivity index (χ4v) is 3.21. The zero-order valence-electron chi connectivity index (χ0n) is 12.1. The molecule has 1 saturated heterocycles. The van der Waals surface area contributed by atoms with Crippen molar-refractivity contribution in [1.29, 1.82) is 0 Å². The van der Waals surface area contributed by atoms with E-state index in [9.17, 15) is 0 Å². The van der Waals surface area contributed by atoms with Crippen LogP contribution in [0.3, 0.4) is 0 Å². The summed E-state index contributed by atoms with van der Waals surface area (Å²) in [7, 11) is 0. The number of rotatable bonds is 2. The Hall–Kier alpha value is -1.06. The molecule has 0 bridgehead atoms. The van der Waals surface area contributed by atoms with Gasteiger partial charge in [-0.2, -0.15) is 0 Å². The average molecular weight is 260 g/mol. The molecule has 1 aromatic carbocycles. The minimum atomic E-state index is 0.426. The van der Waals surface area contributed by atoms with Gasteiger partial charge >= 0.3 is 0 Å².